The molecule has 3 N–H and O–H groups in total. The van der Waals surface area contributed by atoms with Crippen LogP contribution in [0, 0.1) is 12.8 Å². The van der Waals surface area contributed by atoms with E-state index in [4.69, 9.17) is 10.5 Å². The van der Waals surface area contributed by atoms with E-state index in [0.717, 1.165) is 5.75 Å². The van der Waals surface area contributed by atoms with Crippen LogP contribution in [0.5, 0.6) is 5.75 Å². The van der Waals surface area contributed by atoms with Gasteiger partial charge >= 0.3 is 5.97 Å². The maximum absolute atomic E-state index is 11.4. The van der Waals surface area contributed by atoms with E-state index in [1.54, 1.807) is 31.2 Å². The molecule has 0 atom stereocenters. The van der Waals surface area contributed by atoms with Crippen molar-refractivity contribution in [3.05, 3.63) is 35.5 Å². The lowest BCUT2D eigenvalue weighted by molar-refractivity contribution is 0.0696. The van der Waals surface area contributed by atoms with Crippen LogP contribution in [0.1, 0.15) is 29.9 Å². The summed E-state index contributed by atoms with van der Waals surface area (Å²) in [7, 11) is 0. The van der Waals surface area contributed by atoms with Gasteiger partial charge in [0.25, 0.3) is 0 Å². The van der Waals surface area contributed by atoms with Crippen LogP contribution in [0.2, 0.25) is 0 Å². The largest absolute Gasteiger partial charge is 0.493 e. The molecular formula is C16H19N3O3. The van der Waals surface area contributed by atoms with E-state index in [-0.39, 0.29) is 11.5 Å². The molecule has 0 aliphatic heterocycles. The van der Waals surface area contributed by atoms with Gasteiger partial charge in [-0.05, 0) is 37.1 Å². The fraction of sp³-hybridized carbons (Fsp3) is 0.312. The number of ether oxygens (including phenoxy) is 1. The van der Waals surface area contributed by atoms with E-state index in [2.05, 4.69) is 23.8 Å². The number of hydrogen-bond acceptors (Lipinski definition) is 5. The molecule has 1 aromatic heterocycles. The van der Waals surface area contributed by atoms with Gasteiger partial charge in [-0.3, -0.25) is 0 Å². The van der Waals surface area contributed by atoms with Gasteiger partial charge in [0.15, 0.2) is 0 Å². The Labute approximate surface area is 129 Å². The molecule has 0 aliphatic rings. The van der Waals surface area contributed by atoms with E-state index >= 15 is 0 Å². The van der Waals surface area contributed by atoms with Crippen molar-refractivity contribution in [3.63, 3.8) is 0 Å². The number of carbonyl (C=O) groups is 1. The van der Waals surface area contributed by atoms with E-state index in [0.29, 0.717) is 29.5 Å². The van der Waals surface area contributed by atoms with Crippen LogP contribution in [0.25, 0.3) is 11.3 Å². The normalized spacial score (nSPS) is 10.7. The first kappa shape index (κ1) is 15.8. The van der Waals surface area contributed by atoms with Gasteiger partial charge in [0.1, 0.15) is 11.3 Å². The molecular weight excluding hydrogens is 282 g/mol. The summed E-state index contributed by atoms with van der Waals surface area (Å²) in [6, 6.07) is 7.11. The van der Waals surface area contributed by atoms with E-state index in [9.17, 15) is 9.90 Å². The van der Waals surface area contributed by atoms with Gasteiger partial charge in [0, 0.05) is 5.56 Å². The minimum atomic E-state index is -1.08. The third-order valence-corrected chi connectivity index (χ3v) is 3.03. The van der Waals surface area contributed by atoms with Crippen LogP contribution < -0.4 is 10.5 Å². The molecule has 0 spiro atoms. The zero-order valence-corrected chi connectivity index (χ0v) is 12.8. The average molecular weight is 301 g/mol. The minimum absolute atomic E-state index is 0.0534. The van der Waals surface area contributed by atoms with E-state index < -0.39 is 5.97 Å². The van der Waals surface area contributed by atoms with Crippen LogP contribution in [0.15, 0.2) is 24.3 Å². The van der Waals surface area contributed by atoms with Gasteiger partial charge in [-0.15, -0.1) is 0 Å². The highest BCUT2D eigenvalue weighted by atomic mass is 16.5. The first-order chi connectivity index (χ1) is 10.4. The lowest BCUT2D eigenvalue weighted by Crippen LogP contribution is -2.09. The summed E-state index contributed by atoms with van der Waals surface area (Å²) in [5.41, 5.74) is 7.01. The topological polar surface area (TPSA) is 98.3 Å². The van der Waals surface area contributed by atoms with Crippen LogP contribution in [-0.2, 0) is 0 Å². The van der Waals surface area contributed by atoms with E-state index in [1.807, 2.05) is 0 Å². The number of aromatic carboxylic acids is 1. The number of benzene rings is 1. The van der Waals surface area contributed by atoms with E-state index in [1.165, 1.54) is 0 Å². The molecule has 0 amide bonds. The Hall–Kier alpha value is -2.63. The quantitative estimate of drug-likeness (QED) is 0.881. The fourth-order valence-electron chi connectivity index (χ4n) is 2.03. The Morgan fingerprint density at radius 2 is 1.91 bits per heavy atom. The van der Waals surface area contributed by atoms with Gasteiger partial charge in [-0.25, -0.2) is 14.8 Å². The number of nitrogens with two attached hydrogens (primary N) is 1. The molecule has 2 aromatic rings. The lowest BCUT2D eigenvalue weighted by atomic mass is 10.0. The summed E-state index contributed by atoms with van der Waals surface area (Å²) in [6.45, 7) is 6.37. The van der Waals surface area contributed by atoms with Crippen molar-refractivity contribution in [2.45, 2.75) is 20.8 Å². The van der Waals surface area contributed by atoms with Crippen molar-refractivity contribution in [1.29, 1.82) is 0 Å². The van der Waals surface area contributed by atoms with Gasteiger partial charge in [-0.2, -0.15) is 0 Å². The number of anilines is 1. The van der Waals surface area contributed by atoms with Crippen LogP contribution in [0.4, 0.5) is 5.95 Å². The number of aromatic nitrogens is 2. The van der Waals surface area contributed by atoms with Crippen molar-refractivity contribution in [2.24, 2.45) is 5.92 Å². The number of hydrogen-bond donors (Lipinski definition) is 2. The van der Waals surface area contributed by atoms with Crippen molar-refractivity contribution in [3.8, 4) is 17.0 Å². The van der Waals surface area contributed by atoms with Crippen molar-refractivity contribution >= 4 is 11.9 Å². The number of rotatable bonds is 5. The number of nitrogens with zero attached hydrogens (tertiary/aromatic N) is 2. The van der Waals surface area contributed by atoms with Crippen molar-refractivity contribution < 1.29 is 14.6 Å². The fourth-order valence-corrected chi connectivity index (χ4v) is 2.03. The molecule has 6 heteroatoms. The maximum atomic E-state index is 11.4. The number of carboxylic acids is 1. The molecule has 6 nitrogen and oxygen atoms in total. The second kappa shape index (κ2) is 6.43. The molecule has 1 aromatic carbocycles. The zero-order chi connectivity index (χ0) is 16.3. The zero-order valence-electron chi connectivity index (χ0n) is 12.8. The summed E-state index contributed by atoms with van der Waals surface area (Å²) >= 11 is 0. The summed E-state index contributed by atoms with van der Waals surface area (Å²) in [5, 5.41) is 9.35. The van der Waals surface area contributed by atoms with Crippen LogP contribution in [-0.4, -0.2) is 27.7 Å². The lowest BCUT2D eigenvalue weighted by Gasteiger charge is -2.11. The molecule has 2 rings (SSSR count). The molecule has 0 aliphatic carbocycles. The summed E-state index contributed by atoms with van der Waals surface area (Å²) in [6.07, 6.45) is 0. The molecule has 1 heterocycles. The second-order valence-corrected chi connectivity index (χ2v) is 5.43. The predicted octanol–water partition coefficient (Wildman–Crippen LogP) is 2.77. The van der Waals surface area contributed by atoms with Gasteiger partial charge < -0.3 is 15.6 Å². The van der Waals surface area contributed by atoms with Crippen molar-refractivity contribution in [1.82, 2.24) is 9.97 Å². The third-order valence-electron chi connectivity index (χ3n) is 3.03. The van der Waals surface area contributed by atoms with Crippen LogP contribution >= 0.6 is 0 Å². The SMILES string of the molecule is Cc1nc(N)nc(-c2ccc(OCC(C)C)cc2)c1C(=O)O. The standard InChI is InChI=1S/C16H19N3O3/c1-9(2)8-22-12-6-4-11(5-7-12)14-13(15(20)21)10(3)18-16(17)19-14/h4-7,9H,8H2,1-3H3,(H,20,21)(H2,17,18,19). The summed E-state index contributed by atoms with van der Waals surface area (Å²) in [4.78, 5) is 19.4. The molecule has 0 saturated carbocycles. The molecule has 0 radical (unpaired) electrons. The summed E-state index contributed by atoms with van der Waals surface area (Å²) in [5.74, 6) is 0.140. The Balaban J connectivity index is 2.38. The first-order valence-corrected chi connectivity index (χ1v) is 6.99. The maximum Gasteiger partial charge on any atom is 0.339 e. The number of carboxylic acid groups (broad SMARTS) is 1. The average Bonchev–Trinajstić information content (AvgIpc) is 2.44. The monoisotopic (exact) mass is 301 g/mol. The Bertz CT molecular complexity index is 682. The van der Waals surface area contributed by atoms with Gasteiger partial charge in [-0.1, -0.05) is 13.8 Å². The number of nitrogen functional groups attached to an aromatic ring is 1. The highest BCUT2D eigenvalue weighted by Gasteiger charge is 2.18. The molecule has 22 heavy (non-hydrogen) atoms. The third kappa shape index (κ3) is 3.52. The second-order valence-electron chi connectivity index (χ2n) is 5.43. The highest BCUT2D eigenvalue weighted by Crippen LogP contribution is 2.26. The van der Waals surface area contributed by atoms with Crippen molar-refractivity contribution in [2.75, 3.05) is 12.3 Å². The first-order valence-electron chi connectivity index (χ1n) is 6.99. The molecule has 116 valence electrons. The predicted molar refractivity (Wildman–Crippen MR) is 83.9 cm³/mol. The summed E-state index contributed by atoms with van der Waals surface area (Å²) < 4.78 is 5.61. The molecule has 0 fully saturated rings. The molecule has 0 saturated heterocycles. The van der Waals surface area contributed by atoms with Crippen LogP contribution in [0.3, 0.4) is 0 Å². The van der Waals surface area contributed by atoms with Gasteiger partial charge in [0.2, 0.25) is 5.95 Å². The molecule has 0 unspecified atom stereocenters. The minimum Gasteiger partial charge on any atom is -0.493 e. The Morgan fingerprint density at radius 1 is 1.27 bits per heavy atom. The molecule has 0 bridgehead atoms. The highest BCUT2D eigenvalue weighted by molar-refractivity contribution is 5.96. The smallest absolute Gasteiger partial charge is 0.339 e. The Kier molecular flexibility index (Phi) is 4.60. The Morgan fingerprint density at radius 3 is 2.45 bits per heavy atom. The number of aryl methyl sites for hydroxylation is 1. The van der Waals surface area contributed by atoms with Gasteiger partial charge in [0.05, 0.1) is 18.0 Å².